The minimum Gasteiger partial charge on any atom is -0.511 e. The molecule has 0 saturated carbocycles. The average molecular weight is 338 g/mol. The van der Waals surface area contributed by atoms with Gasteiger partial charge in [0.15, 0.2) is 0 Å². The van der Waals surface area contributed by atoms with E-state index in [2.05, 4.69) is 52.4 Å². The molecule has 0 unspecified atom stereocenters. The first-order valence-corrected chi connectivity index (χ1v) is 10.4. The topological polar surface area (TPSA) is 32.3 Å². The number of hydrogen-bond donors (Lipinski definition) is 2. The fourth-order valence-corrected chi connectivity index (χ4v) is 2.34. The quantitative estimate of drug-likeness (QED) is 0.469. The van der Waals surface area contributed by atoms with E-state index in [9.17, 15) is 5.11 Å². The third kappa shape index (κ3) is 4.77. The second-order valence-corrected chi connectivity index (χ2v) is 11.0. The highest BCUT2D eigenvalue weighted by Crippen LogP contribution is 2.30. The molecule has 0 spiro atoms. The van der Waals surface area contributed by atoms with E-state index in [1.807, 2.05) is 25.2 Å². The van der Waals surface area contributed by atoms with E-state index in [-0.39, 0.29) is 5.76 Å². The Morgan fingerprint density at radius 1 is 1.32 bits per heavy atom. The summed E-state index contributed by atoms with van der Waals surface area (Å²) in [6.07, 6.45) is 0. The SMILES string of the molecule is CNc1cc(C#C[Si](C)(C)C)ccc1C(Br)=C(C)O. The van der Waals surface area contributed by atoms with Crippen molar-refractivity contribution in [3.05, 3.63) is 35.1 Å². The van der Waals surface area contributed by atoms with Crippen molar-refractivity contribution in [1.82, 2.24) is 0 Å². The van der Waals surface area contributed by atoms with Crippen LogP contribution >= 0.6 is 15.9 Å². The summed E-state index contributed by atoms with van der Waals surface area (Å²) in [6.45, 7) is 8.33. The Morgan fingerprint density at radius 3 is 2.42 bits per heavy atom. The van der Waals surface area contributed by atoms with Gasteiger partial charge in [-0.1, -0.05) is 31.6 Å². The zero-order valence-corrected chi connectivity index (χ0v) is 14.6. The van der Waals surface area contributed by atoms with E-state index in [0.717, 1.165) is 16.8 Å². The molecule has 19 heavy (non-hydrogen) atoms. The van der Waals surface area contributed by atoms with Gasteiger partial charge in [-0.3, -0.25) is 0 Å². The number of anilines is 1. The summed E-state index contributed by atoms with van der Waals surface area (Å²) in [5.74, 6) is 3.49. The fraction of sp³-hybridized carbons (Fsp3) is 0.333. The number of allylic oxidation sites excluding steroid dienone is 1. The van der Waals surface area contributed by atoms with Gasteiger partial charge in [-0.05, 0) is 35.0 Å². The Balaban J connectivity index is 3.24. The molecule has 0 radical (unpaired) electrons. The number of aliphatic hydroxyl groups excluding tert-OH is 1. The lowest BCUT2D eigenvalue weighted by Gasteiger charge is -2.10. The Labute approximate surface area is 125 Å². The van der Waals surface area contributed by atoms with Crippen LogP contribution in [0.4, 0.5) is 5.69 Å². The van der Waals surface area contributed by atoms with E-state index in [4.69, 9.17) is 0 Å². The van der Waals surface area contributed by atoms with Crippen LogP contribution in [0, 0.1) is 11.5 Å². The number of benzene rings is 1. The van der Waals surface area contributed by atoms with Gasteiger partial charge in [0.2, 0.25) is 0 Å². The Kier molecular flexibility index (Phi) is 5.27. The predicted octanol–water partition coefficient (Wildman–Crippen LogP) is 4.60. The number of hydrogen-bond acceptors (Lipinski definition) is 2. The van der Waals surface area contributed by atoms with Crippen LogP contribution in [0.3, 0.4) is 0 Å². The van der Waals surface area contributed by atoms with Crippen molar-refractivity contribution in [2.75, 3.05) is 12.4 Å². The summed E-state index contributed by atoms with van der Waals surface area (Å²) in [5, 5.41) is 12.7. The van der Waals surface area contributed by atoms with Crippen LogP contribution < -0.4 is 5.32 Å². The highest BCUT2D eigenvalue weighted by molar-refractivity contribution is 9.15. The highest BCUT2D eigenvalue weighted by atomic mass is 79.9. The van der Waals surface area contributed by atoms with E-state index < -0.39 is 8.07 Å². The Hall–Kier alpha value is -1.18. The number of rotatable bonds is 2. The van der Waals surface area contributed by atoms with Gasteiger partial charge in [-0.15, -0.1) is 5.54 Å². The van der Waals surface area contributed by atoms with E-state index in [1.165, 1.54) is 0 Å². The first kappa shape index (κ1) is 15.9. The monoisotopic (exact) mass is 337 g/mol. The number of aliphatic hydroxyl groups is 1. The fourth-order valence-electron chi connectivity index (χ4n) is 1.47. The normalized spacial score (nSPS) is 12.3. The summed E-state index contributed by atoms with van der Waals surface area (Å²) in [4.78, 5) is 0. The molecule has 2 N–H and O–H groups in total. The largest absolute Gasteiger partial charge is 0.511 e. The van der Waals surface area contributed by atoms with E-state index >= 15 is 0 Å². The van der Waals surface area contributed by atoms with Crippen LogP contribution in [0.2, 0.25) is 19.6 Å². The second kappa shape index (κ2) is 6.31. The maximum absolute atomic E-state index is 9.56. The minimum atomic E-state index is -1.36. The lowest BCUT2D eigenvalue weighted by Crippen LogP contribution is -2.16. The summed E-state index contributed by atoms with van der Waals surface area (Å²) < 4.78 is 0.696. The van der Waals surface area contributed by atoms with Crippen LogP contribution in [0.5, 0.6) is 0 Å². The molecule has 0 amide bonds. The van der Waals surface area contributed by atoms with Crippen molar-refractivity contribution in [1.29, 1.82) is 0 Å². The molecule has 2 nitrogen and oxygen atoms in total. The molecule has 0 aliphatic carbocycles. The van der Waals surface area contributed by atoms with Crippen molar-refractivity contribution >= 4 is 34.2 Å². The van der Waals surface area contributed by atoms with Crippen molar-refractivity contribution in [3.8, 4) is 11.5 Å². The highest BCUT2D eigenvalue weighted by Gasteiger charge is 2.09. The molecular weight excluding hydrogens is 318 g/mol. The zero-order chi connectivity index (χ0) is 14.6. The van der Waals surface area contributed by atoms with Crippen LogP contribution in [-0.2, 0) is 0 Å². The summed E-state index contributed by atoms with van der Waals surface area (Å²) in [7, 11) is 0.502. The first-order chi connectivity index (χ1) is 8.74. The van der Waals surface area contributed by atoms with Gasteiger partial charge in [0, 0.05) is 23.9 Å². The smallest absolute Gasteiger partial charge is 0.129 e. The molecule has 1 aromatic carbocycles. The minimum absolute atomic E-state index is 0.262. The average Bonchev–Trinajstić information content (AvgIpc) is 2.34. The van der Waals surface area contributed by atoms with Gasteiger partial charge < -0.3 is 10.4 Å². The first-order valence-electron chi connectivity index (χ1n) is 6.15. The molecule has 0 aromatic heterocycles. The molecule has 0 aliphatic heterocycles. The maximum atomic E-state index is 9.56. The van der Waals surface area contributed by atoms with Gasteiger partial charge >= 0.3 is 0 Å². The molecule has 0 aliphatic rings. The standard InChI is InChI=1S/C15H20BrNOSi/c1-11(18)15(16)13-7-6-12(10-14(13)17-2)8-9-19(3,4)5/h6-7,10,17-18H,1-5H3. The summed E-state index contributed by atoms with van der Waals surface area (Å²) >= 11 is 3.40. The van der Waals surface area contributed by atoms with Gasteiger partial charge in [0.05, 0.1) is 4.48 Å². The van der Waals surface area contributed by atoms with Crippen molar-refractivity contribution in [3.63, 3.8) is 0 Å². The molecule has 1 aromatic rings. The summed E-state index contributed by atoms with van der Waals surface area (Å²) in [5.41, 5.74) is 6.22. The van der Waals surface area contributed by atoms with E-state index in [1.54, 1.807) is 6.92 Å². The van der Waals surface area contributed by atoms with Crippen molar-refractivity contribution in [2.45, 2.75) is 26.6 Å². The van der Waals surface area contributed by atoms with Crippen molar-refractivity contribution < 1.29 is 5.11 Å². The van der Waals surface area contributed by atoms with Crippen LogP contribution in [-0.4, -0.2) is 20.2 Å². The molecule has 0 heterocycles. The molecule has 0 atom stereocenters. The lowest BCUT2D eigenvalue weighted by molar-refractivity contribution is 0.419. The van der Waals surface area contributed by atoms with Crippen LogP contribution in [0.25, 0.3) is 4.48 Å². The van der Waals surface area contributed by atoms with Gasteiger partial charge in [0.25, 0.3) is 0 Å². The van der Waals surface area contributed by atoms with Crippen molar-refractivity contribution in [2.24, 2.45) is 0 Å². The Morgan fingerprint density at radius 2 is 1.95 bits per heavy atom. The molecule has 4 heteroatoms. The number of nitrogens with one attached hydrogen (secondary N) is 1. The molecule has 1 rings (SSSR count). The van der Waals surface area contributed by atoms with E-state index in [0.29, 0.717) is 4.48 Å². The summed E-state index contributed by atoms with van der Waals surface area (Å²) in [6, 6.07) is 5.95. The molecule has 0 bridgehead atoms. The predicted molar refractivity (Wildman–Crippen MR) is 90.4 cm³/mol. The lowest BCUT2D eigenvalue weighted by atomic mass is 10.1. The van der Waals surface area contributed by atoms with Gasteiger partial charge in [0.1, 0.15) is 13.8 Å². The maximum Gasteiger partial charge on any atom is 0.129 e. The third-order valence-corrected chi connectivity index (χ3v) is 4.30. The van der Waals surface area contributed by atoms with Crippen LogP contribution in [0.1, 0.15) is 18.1 Å². The van der Waals surface area contributed by atoms with Gasteiger partial charge in [-0.2, -0.15) is 0 Å². The molecular formula is C15H20BrNOSi. The molecule has 0 fully saturated rings. The third-order valence-electron chi connectivity index (χ3n) is 2.42. The molecule has 0 saturated heterocycles. The Bertz CT molecular complexity index is 558. The molecule has 102 valence electrons. The van der Waals surface area contributed by atoms with Gasteiger partial charge in [-0.25, -0.2) is 0 Å². The zero-order valence-electron chi connectivity index (χ0n) is 12.1. The van der Waals surface area contributed by atoms with Crippen LogP contribution in [0.15, 0.2) is 24.0 Å². The number of halogens is 1. The second-order valence-electron chi connectivity index (χ2n) is 5.41.